The number of hydrogen-bond acceptors (Lipinski definition) is 0. The molecule has 2 aromatic carbocycles. The van der Waals surface area contributed by atoms with Gasteiger partial charge in [-0.15, -0.1) is 0 Å². The van der Waals surface area contributed by atoms with Gasteiger partial charge in [-0.05, 0) is 17.7 Å². The van der Waals surface area contributed by atoms with E-state index in [0.29, 0.717) is 6.04 Å². The van der Waals surface area contributed by atoms with E-state index in [9.17, 15) is 0 Å². The smallest absolute Gasteiger partial charge is 0.156 e. The quantitative estimate of drug-likeness (QED) is 0.484. The molecular weight excluding hydrogens is 282 g/mol. The number of aromatic nitrogens is 2. The summed E-state index contributed by atoms with van der Waals surface area (Å²) in [4.78, 5) is 8.71. The van der Waals surface area contributed by atoms with Gasteiger partial charge in [0.05, 0.1) is 19.3 Å². The van der Waals surface area contributed by atoms with Crippen molar-refractivity contribution >= 4 is 21.8 Å². The van der Waals surface area contributed by atoms with Gasteiger partial charge >= 0.3 is 0 Å². The summed E-state index contributed by atoms with van der Waals surface area (Å²) < 4.78 is 0. The molecule has 1 aliphatic heterocycles. The first kappa shape index (κ1) is 13.0. The number of likely N-dealkylation sites (N-methyl/N-ethyl adjacent to an activating group) is 1. The van der Waals surface area contributed by atoms with Gasteiger partial charge in [0, 0.05) is 40.0 Å². The van der Waals surface area contributed by atoms with Crippen molar-refractivity contribution in [3.63, 3.8) is 0 Å². The third-order valence-electron chi connectivity index (χ3n) is 5.33. The zero-order chi connectivity index (χ0) is 15.4. The second-order valence-electron chi connectivity index (χ2n) is 6.63. The maximum atomic E-state index is 3.71. The fourth-order valence-electron chi connectivity index (χ4n) is 4.20. The van der Waals surface area contributed by atoms with E-state index >= 15 is 0 Å². The topological polar surface area (TPSA) is 36.0 Å². The predicted molar refractivity (Wildman–Crippen MR) is 93.9 cm³/mol. The van der Waals surface area contributed by atoms with Gasteiger partial charge in [0.2, 0.25) is 0 Å². The van der Waals surface area contributed by atoms with Crippen molar-refractivity contribution in [1.29, 1.82) is 0 Å². The van der Waals surface area contributed by atoms with Crippen molar-refractivity contribution in [3.8, 4) is 0 Å². The maximum Gasteiger partial charge on any atom is 0.156 e. The molecule has 2 atom stereocenters. The minimum atomic E-state index is 0.363. The van der Waals surface area contributed by atoms with Crippen LogP contribution in [0.2, 0.25) is 0 Å². The highest BCUT2D eigenvalue weighted by Crippen LogP contribution is 2.33. The number of hydrogen-bond donors (Lipinski definition) is 3. The lowest BCUT2D eigenvalue weighted by atomic mass is 9.92. The SMILES string of the molecule is C[NH+]1CCc2c([nH]c3ccccc23)[C@@H]1c1c[nH]c2ccccc12. The molecule has 3 N–H and O–H groups in total. The Hall–Kier alpha value is -2.52. The lowest BCUT2D eigenvalue weighted by Gasteiger charge is -2.29. The number of rotatable bonds is 1. The van der Waals surface area contributed by atoms with Crippen molar-refractivity contribution in [2.24, 2.45) is 0 Å². The van der Waals surface area contributed by atoms with Crippen LogP contribution in [-0.2, 0) is 6.42 Å². The van der Waals surface area contributed by atoms with E-state index in [1.165, 1.54) is 45.2 Å². The zero-order valence-electron chi connectivity index (χ0n) is 13.2. The predicted octanol–water partition coefficient (Wildman–Crippen LogP) is 2.81. The van der Waals surface area contributed by atoms with Gasteiger partial charge in [0.15, 0.2) is 6.04 Å². The van der Waals surface area contributed by atoms with Gasteiger partial charge in [-0.1, -0.05) is 36.4 Å². The molecule has 114 valence electrons. The lowest BCUT2D eigenvalue weighted by Crippen LogP contribution is -3.10. The van der Waals surface area contributed by atoms with E-state index in [4.69, 9.17) is 0 Å². The largest absolute Gasteiger partial charge is 0.361 e. The standard InChI is InChI=1S/C20H19N3/c1-23-11-10-15-13-6-3-5-9-18(13)22-19(15)20(23)16-12-21-17-8-4-2-7-14(16)17/h2-9,12,20-22H,10-11H2,1H3/p+1/t20-/m0/s1. The van der Waals surface area contributed by atoms with Crippen LogP contribution in [0.1, 0.15) is 22.9 Å². The summed E-state index contributed by atoms with van der Waals surface area (Å²) in [6, 6.07) is 17.7. The average Bonchev–Trinajstić information content (AvgIpc) is 3.16. The summed E-state index contributed by atoms with van der Waals surface area (Å²) in [6.45, 7) is 1.17. The molecule has 23 heavy (non-hydrogen) atoms. The van der Waals surface area contributed by atoms with E-state index in [2.05, 4.69) is 71.7 Å². The van der Waals surface area contributed by atoms with Gasteiger partial charge in [-0.3, -0.25) is 0 Å². The van der Waals surface area contributed by atoms with Gasteiger partial charge in [-0.25, -0.2) is 0 Å². The van der Waals surface area contributed by atoms with Gasteiger partial charge in [0.25, 0.3) is 0 Å². The van der Waals surface area contributed by atoms with Crippen LogP contribution in [0.3, 0.4) is 0 Å². The first-order valence-electron chi connectivity index (χ1n) is 8.31. The molecule has 2 aromatic heterocycles. The molecule has 3 nitrogen and oxygen atoms in total. The molecule has 0 bridgehead atoms. The Labute approximate surface area is 134 Å². The molecule has 5 rings (SSSR count). The summed E-state index contributed by atoms with van der Waals surface area (Å²) in [5.74, 6) is 0. The van der Waals surface area contributed by atoms with Crippen LogP contribution in [-0.4, -0.2) is 23.6 Å². The molecule has 0 amide bonds. The Morgan fingerprint density at radius 2 is 1.70 bits per heavy atom. The van der Waals surface area contributed by atoms with Crippen molar-refractivity contribution in [2.45, 2.75) is 12.5 Å². The van der Waals surface area contributed by atoms with Crippen LogP contribution in [0.4, 0.5) is 0 Å². The van der Waals surface area contributed by atoms with Crippen molar-refractivity contribution in [3.05, 3.63) is 71.5 Å². The number of para-hydroxylation sites is 2. The normalized spacial score (nSPS) is 20.9. The Kier molecular flexibility index (Phi) is 2.67. The zero-order valence-corrected chi connectivity index (χ0v) is 13.2. The summed E-state index contributed by atoms with van der Waals surface area (Å²) in [5, 5.41) is 2.73. The fourth-order valence-corrected chi connectivity index (χ4v) is 4.20. The molecule has 0 aliphatic carbocycles. The maximum absolute atomic E-state index is 3.71. The Morgan fingerprint density at radius 3 is 2.57 bits per heavy atom. The van der Waals surface area contributed by atoms with Crippen molar-refractivity contribution in [1.82, 2.24) is 9.97 Å². The number of quaternary nitrogens is 1. The van der Waals surface area contributed by atoms with E-state index in [1.54, 1.807) is 4.90 Å². The van der Waals surface area contributed by atoms with E-state index < -0.39 is 0 Å². The van der Waals surface area contributed by atoms with Gasteiger partial charge in [-0.2, -0.15) is 0 Å². The van der Waals surface area contributed by atoms with E-state index in [0.717, 1.165) is 6.42 Å². The highest BCUT2D eigenvalue weighted by atomic mass is 15.2. The molecule has 4 aromatic rings. The molecule has 0 saturated heterocycles. The second kappa shape index (κ2) is 4.74. The van der Waals surface area contributed by atoms with E-state index in [-0.39, 0.29) is 0 Å². The average molecular weight is 302 g/mol. The number of H-pyrrole nitrogens is 2. The number of benzene rings is 2. The summed E-state index contributed by atoms with van der Waals surface area (Å²) >= 11 is 0. The van der Waals surface area contributed by atoms with Crippen LogP contribution < -0.4 is 4.90 Å². The minimum Gasteiger partial charge on any atom is -0.361 e. The van der Waals surface area contributed by atoms with Gasteiger partial charge in [0.1, 0.15) is 0 Å². The molecule has 0 radical (unpaired) electrons. The highest BCUT2D eigenvalue weighted by molar-refractivity contribution is 5.87. The van der Waals surface area contributed by atoms with Crippen LogP contribution >= 0.6 is 0 Å². The third-order valence-corrected chi connectivity index (χ3v) is 5.33. The first-order valence-corrected chi connectivity index (χ1v) is 8.31. The van der Waals surface area contributed by atoms with Crippen LogP contribution in [0, 0.1) is 0 Å². The summed E-state index contributed by atoms with van der Waals surface area (Å²) in [7, 11) is 2.31. The van der Waals surface area contributed by atoms with Crippen LogP contribution in [0.5, 0.6) is 0 Å². The number of nitrogens with one attached hydrogen (secondary N) is 3. The Morgan fingerprint density at radius 1 is 0.957 bits per heavy atom. The second-order valence-corrected chi connectivity index (χ2v) is 6.63. The number of fused-ring (bicyclic) bond motifs is 4. The fraction of sp³-hybridized carbons (Fsp3) is 0.200. The Balaban J connectivity index is 1.77. The van der Waals surface area contributed by atoms with Crippen molar-refractivity contribution < 1.29 is 4.90 Å². The summed E-state index contributed by atoms with van der Waals surface area (Å²) in [6.07, 6.45) is 3.34. The lowest BCUT2D eigenvalue weighted by molar-refractivity contribution is -0.908. The minimum absolute atomic E-state index is 0.363. The number of aromatic amines is 2. The molecular formula is C20H20N3+. The molecule has 0 fully saturated rings. The molecule has 3 heterocycles. The monoisotopic (exact) mass is 302 g/mol. The highest BCUT2D eigenvalue weighted by Gasteiger charge is 2.34. The van der Waals surface area contributed by atoms with Gasteiger partial charge < -0.3 is 14.9 Å². The first-order chi connectivity index (χ1) is 11.3. The van der Waals surface area contributed by atoms with Crippen molar-refractivity contribution in [2.75, 3.05) is 13.6 Å². The molecule has 3 heteroatoms. The Bertz CT molecular complexity index is 1010. The van der Waals surface area contributed by atoms with Crippen LogP contribution in [0.25, 0.3) is 21.8 Å². The molecule has 0 saturated carbocycles. The molecule has 1 unspecified atom stereocenters. The molecule has 1 aliphatic rings. The third kappa shape index (κ3) is 1.80. The van der Waals surface area contributed by atoms with Crippen LogP contribution in [0.15, 0.2) is 54.7 Å². The van der Waals surface area contributed by atoms with E-state index in [1.807, 2.05) is 0 Å². The summed E-state index contributed by atoms with van der Waals surface area (Å²) in [5.41, 5.74) is 6.77. The molecule has 0 spiro atoms.